The van der Waals surface area contributed by atoms with Crippen molar-refractivity contribution < 1.29 is 9.21 Å². The zero-order valence-electron chi connectivity index (χ0n) is 7.85. The highest BCUT2D eigenvalue weighted by atomic mass is 32.1. The average Bonchev–Trinajstić information content (AvgIpc) is 2.55. The third-order valence-corrected chi connectivity index (χ3v) is 2.38. The smallest absolute Gasteiger partial charge is 0.408 e. The van der Waals surface area contributed by atoms with Crippen molar-refractivity contribution in [3.05, 3.63) is 28.7 Å². The van der Waals surface area contributed by atoms with Crippen molar-refractivity contribution in [3.63, 3.8) is 0 Å². The highest BCUT2D eigenvalue weighted by Gasteiger charge is 2.08. The molecule has 15 heavy (non-hydrogen) atoms. The van der Waals surface area contributed by atoms with Crippen LogP contribution in [0.25, 0.3) is 11.1 Å². The van der Waals surface area contributed by atoms with Gasteiger partial charge in [-0.25, -0.2) is 4.79 Å². The first-order valence-electron chi connectivity index (χ1n) is 4.17. The lowest BCUT2D eigenvalue weighted by Gasteiger charge is -2.13. The lowest BCUT2D eigenvalue weighted by Crippen LogP contribution is -2.19. The number of carbonyl (C=O) groups is 1. The molecule has 78 valence electrons. The zero-order chi connectivity index (χ0) is 11.0. The lowest BCUT2D eigenvalue weighted by molar-refractivity contribution is 0.266. The van der Waals surface area contributed by atoms with Crippen LogP contribution in [0.15, 0.2) is 27.4 Å². The number of hydrogen-bond donors (Lipinski definition) is 2. The topological polar surface area (TPSA) is 66.3 Å². The minimum Gasteiger partial charge on any atom is -0.408 e. The summed E-state index contributed by atoms with van der Waals surface area (Å²) in [5.74, 6) is -0.512. The van der Waals surface area contributed by atoms with Crippen LogP contribution in [0.3, 0.4) is 0 Å². The Morgan fingerprint density at radius 3 is 2.93 bits per heavy atom. The molecule has 1 aromatic heterocycles. The van der Waals surface area contributed by atoms with Gasteiger partial charge < -0.3 is 9.32 Å². The first kappa shape index (κ1) is 9.85. The van der Waals surface area contributed by atoms with Gasteiger partial charge in [0.2, 0.25) is 0 Å². The first-order chi connectivity index (χ1) is 7.08. The number of oxazole rings is 1. The zero-order valence-corrected chi connectivity index (χ0v) is 8.75. The summed E-state index contributed by atoms with van der Waals surface area (Å²) in [5, 5.41) is -0.382. The Hall–Kier alpha value is -1.69. The van der Waals surface area contributed by atoms with Gasteiger partial charge in [-0.2, -0.15) is 0 Å². The van der Waals surface area contributed by atoms with Crippen LogP contribution in [-0.2, 0) is 0 Å². The van der Waals surface area contributed by atoms with E-state index in [-0.39, 0.29) is 5.24 Å². The Morgan fingerprint density at radius 1 is 1.53 bits per heavy atom. The molecule has 0 spiro atoms. The number of amides is 1. The standard InChI is InChI=1S/C9H8N2O3S/c1-11(9(13)15)5-2-3-6-7(4-5)14-8(12)10-6/h2-4H,1H3,(H,10,12)(H,13,15). The fraction of sp³-hybridized carbons (Fsp3) is 0.111. The van der Waals surface area contributed by atoms with Gasteiger partial charge in [-0.05, 0) is 12.1 Å². The van der Waals surface area contributed by atoms with E-state index in [1.54, 1.807) is 25.2 Å². The van der Waals surface area contributed by atoms with E-state index in [0.29, 0.717) is 16.8 Å². The van der Waals surface area contributed by atoms with Crippen molar-refractivity contribution in [1.82, 2.24) is 4.98 Å². The molecule has 0 aliphatic heterocycles. The molecule has 0 radical (unpaired) electrons. The Morgan fingerprint density at radius 2 is 2.27 bits per heavy atom. The molecule has 0 fully saturated rings. The fourth-order valence-corrected chi connectivity index (χ4v) is 1.37. The van der Waals surface area contributed by atoms with Crippen molar-refractivity contribution in [1.29, 1.82) is 0 Å². The van der Waals surface area contributed by atoms with Crippen LogP contribution < -0.4 is 10.7 Å². The molecule has 2 rings (SSSR count). The van der Waals surface area contributed by atoms with Crippen molar-refractivity contribution >= 4 is 34.7 Å². The van der Waals surface area contributed by atoms with Crippen LogP contribution in [0.4, 0.5) is 10.5 Å². The van der Waals surface area contributed by atoms with E-state index in [0.717, 1.165) is 0 Å². The normalized spacial score (nSPS) is 10.5. The van der Waals surface area contributed by atoms with Crippen LogP contribution in [0.1, 0.15) is 0 Å². The number of fused-ring (bicyclic) bond motifs is 1. The maximum absolute atomic E-state index is 11.0. The minimum atomic E-state index is -0.512. The second-order valence-corrected chi connectivity index (χ2v) is 3.42. The van der Waals surface area contributed by atoms with Crippen molar-refractivity contribution in [2.45, 2.75) is 0 Å². The van der Waals surface area contributed by atoms with Crippen LogP contribution in [0.5, 0.6) is 0 Å². The molecule has 0 bridgehead atoms. The summed E-state index contributed by atoms with van der Waals surface area (Å²) in [6.45, 7) is 0. The molecule has 0 saturated heterocycles. The molecule has 5 nitrogen and oxygen atoms in total. The number of nitrogens with zero attached hydrogens (tertiary/aromatic N) is 1. The molecule has 0 aliphatic rings. The van der Waals surface area contributed by atoms with Crippen molar-refractivity contribution in [2.75, 3.05) is 11.9 Å². The number of benzene rings is 1. The van der Waals surface area contributed by atoms with Gasteiger partial charge in [-0.1, -0.05) is 12.6 Å². The van der Waals surface area contributed by atoms with E-state index in [1.807, 2.05) is 0 Å². The second kappa shape index (κ2) is 3.47. The van der Waals surface area contributed by atoms with Crippen LogP contribution >= 0.6 is 12.6 Å². The highest BCUT2D eigenvalue weighted by molar-refractivity contribution is 7.96. The van der Waals surface area contributed by atoms with Gasteiger partial charge in [0.25, 0.3) is 5.24 Å². The second-order valence-electron chi connectivity index (χ2n) is 3.04. The van der Waals surface area contributed by atoms with Crippen LogP contribution in [0, 0.1) is 0 Å². The van der Waals surface area contributed by atoms with Gasteiger partial charge >= 0.3 is 5.76 Å². The molecular weight excluding hydrogens is 216 g/mol. The molecule has 0 atom stereocenters. The Kier molecular flexibility index (Phi) is 2.28. The van der Waals surface area contributed by atoms with Gasteiger partial charge in [0.05, 0.1) is 5.52 Å². The molecular formula is C9H8N2O3S. The van der Waals surface area contributed by atoms with E-state index >= 15 is 0 Å². The van der Waals surface area contributed by atoms with Crippen molar-refractivity contribution in [2.24, 2.45) is 0 Å². The highest BCUT2D eigenvalue weighted by Crippen LogP contribution is 2.19. The molecule has 1 N–H and O–H groups in total. The largest absolute Gasteiger partial charge is 0.417 e. The maximum Gasteiger partial charge on any atom is 0.417 e. The maximum atomic E-state index is 11.0. The summed E-state index contributed by atoms with van der Waals surface area (Å²) >= 11 is 3.69. The number of rotatable bonds is 1. The molecule has 0 aliphatic carbocycles. The van der Waals surface area contributed by atoms with E-state index in [2.05, 4.69) is 17.6 Å². The van der Waals surface area contributed by atoms with Crippen molar-refractivity contribution in [3.8, 4) is 0 Å². The third-order valence-electron chi connectivity index (χ3n) is 2.08. The number of hydrogen-bond acceptors (Lipinski definition) is 3. The van der Waals surface area contributed by atoms with Gasteiger partial charge in [0.15, 0.2) is 5.58 Å². The van der Waals surface area contributed by atoms with Crippen LogP contribution in [-0.4, -0.2) is 17.3 Å². The lowest BCUT2D eigenvalue weighted by atomic mass is 10.3. The molecule has 1 heterocycles. The minimum absolute atomic E-state index is 0.382. The van der Waals surface area contributed by atoms with Gasteiger partial charge in [-0.15, -0.1) is 0 Å². The fourth-order valence-electron chi connectivity index (χ4n) is 1.25. The predicted molar refractivity (Wildman–Crippen MR) is 59.6 cm³/mol. The summed E-state index contributed by atoms with van der Waals surface area (Å²) < 4.78 is 4.86. The molecule has 2 aromatic rings. The molecule has 6 heteroatoms. The quantitative estimate of drug-likeness (QED) is 0.723. The molecule has 0 unspecified atom stereocenters. The number of anilines is 1. The number of thiol groups is 1. The van der Waals surface area contributed by atoms with Gasteiger partial charge in [0.1, 0.15) is 0 Å². The monoisotopic (exact) mass is 224 g/mol. The summed E-state index contributed by atoms with van der Waals surface area (Å²) in [4.78, 5) is 25.7. The number of nitrogens with one attached hydrogen (secondary N) is 1. The average molecular weight is 224 g/mol. The number of aromatic amines is 1. The molecule has 1 aromatic carbocycles. The Balaban J connectivity index is 2.55. The third kappa shape index (κ3) is 1.75. The summed E-state index contributed by atoms with van der Waals surface area (Å²) in [6.07, 6.45) is 0. The first-order valence-corrected chi connectivity index (χ1v) is 4.62. The van der Waals surface area contributed by atoms with Gasteiger partial charge in [-0.3, -0.25) is 9.78 Å². The summed E-state index contributed by atoms with van der Waals surface area (Å²) in [6, 6.07) is 4.96. The summed E-state index contributed by atoms with van der Waals surface area (Å²) in [5.41, 5.74) is 1.63. The van der Waals surface area contributed by atoms with E-state index in [4.69, 9.17) is 4.42 Å². The Labute approximate surface area is 90.1 Å². The SMILES string of the molecule is CN(C(=O)S)c1ccc2[nH]c(=O)oc2c1. The van der Waals surface area contributed by atoms with Crippen LogP contribution in [0.2, 0.25) is 0 Å². The molecule has 1 amide bonds. The number of aromatic nitrogens is 1. The van der Waals surface area contributed by atoms with E-state index in [1.165, 1.54) is 4.90 Å². The van der Waals surface area contributed by atoms with Gasteiger partial charge in [0, 0.05) is 18.8 Å². The van der Waals surface area contributed by atoms with E-state index in [9.17, 15) is 9.59 Å². The molecule has 0 saturated carbocycles. The summed E-state index contributed by atoms with van der Waals surface area (Å²) in [7, 11) is 1.58. The predicted octanol–water partition coefficient (Wildman–Crippen LogP) is 1.61. The number of H-pyrrole nitrogens is 1. The van der Waals surface area contributed by atoms with E-state index < -0.39 is 5.76 Å². The number of carbonyl (C=O) groups excluding carboxylic acids is 1. The Bertz CT molecular complexity index is 572.